The van der Waals surface area contributed by atoms with Gasteiger partial charge >= 0.3 is 0 Å². The second-order valence-corrected chi connectivity index (χ2v) is 7.54. The first-order chi connectivity index (χ1) is 13.5. The Morgan fingerprint density at radius 2 is 1.68 bits per heavy atom. The van der Waals surface area contributed by atoms with E-state index in [1.54, 1.807) is 12.1 Å². The molecule has 0 unspecified atom stereocenters. The van der Waals surface area contributed by atoms with Crippen LogP contribution in [0, 0.1) is 6.92 Å². The van der Waals surface area contributed by atoms with Crippen LogP contribution in [0.15, 0.2) is 18.2 Å². The largest absolute Gasteiger partial charge is 0.356 e. The van der Waals surface area contributed by atoms with Crippen LogP contribution in [0.3, 0.4) is 0 Å². The van der Waals surface area contributed by atoms with Crippen LogP contribution in [0.1, 0.15) is 46.0 Å². The SMILES string of the molecule is CCN1CCN(CCCNC(=O)CCN2C(=O)c3ccc(C)cc3C2=O)CC1. The monoisotopic (exact) mass is 386 g/mol. The van der Waals surface area contributed by atoms with Crippen LogP contribution in [0.4, 0.5) is 0 Å². The summed E-state index contributed by atoms with van der Waals surface area (Å²) < 4.78 is 0. The number of benzene rings is 1. The Labute approximate surface area is 166 Å². The average Bonchev–Trinajstić information content (AvgIpc) is 2.93. The van der Waals surface area contributed by atoms with E-state index in [1.165, 1.54) is 4.90 Å². The zero-order valence-corrected chi connectivity index (χ0v) is 16.9. The molecule has 7 nitrogen and oxygen atoms in total. The van der Waals surface area contributed by atoms with E-state index in [0.29, 0.717) is 17.7 Å². The fourth-order valence-electron chi connectivity index (χ4n) is 3.77. The quantitative estimate of drug-likeness (QED) is 0.536. The van der Waals surface area contributed by atoms with Crippen molar-refractivity contribution in [3.8, 4) is 0 Å². The molecule has 3 amide bonds. The van der Waals surface area contributed by atoms with Gasteiger partial charge in [-0.1, -0.05) is 18.6 Å². The number of fused-ring (bicyclic) bond motifs is 1. The smallest absolute Gasteiger partial charge is 0.261 e. The maximum Gasteiger partial charge on any atom is 0.261 e. The highest BCUT2D eigenvalue weighted by atomic mass is 16.2. The molecule has 1 saturated heterocycles. The third-order valence-corrected chi connectivity index (χ3v) is 5.57. The summed E-state index contributed by atoms with van der Waals surface area (Å²) in [7, 11) is 0. The van der Waals surface area contributed by atoms with Gasteiger partial charge in [-0.05, 0) is 38.6 Å². The molecule has 2 aliphatic rings. The highest BCUT2D eigenvalue weighted by molar-refractivity contribution is 6.21. The van der Waals surface area contributed by atoms with E-state index in [1.807, 2.05) is 13.0 Å². The number of hydrogen-bond acceptors (Lipinski definition) is 5. The normalized spacial score (nSPS) is 17.9. The van der Waals surface area contributed by atoms with Crippen molar-refractivity contribution in [2.24, 2.45) is 0 Å². The van der Waals surface area contributed by atoms with Crippen molar-refractivity contribution in [1.82, 2.24) is 20.0 Å². The van der Waals surface area contributed by atoms with Gasteiger partial charge < -0.3 is 15.1 Å². The number of hydrogen-bond donors (Lipinski definition) is 1. The summed E-state index contributed by atoms with van der Waals surface area (Å²) in [6.07, 6.45) is 1.05. The highest BCUT2D eigenvalue weighted by Gasteiger charge is 2.35. The minimum Gasteiger partial charge on any atom is -0.356 e. The first-order valence-corrected chi connectivity index (χ1v) is 10.2. The van der Waals surface area contributed by atoms with Gasteiger partial charge in [0.1, 0.15) is 0 Å². The molecular weight excluding hydrogens is 356 g/mol. The lowest BCUT2D eigenvalue weighted by Crippen LogP contribution is -2.46. The third kappa shape index (κ3) is 4.77. The first-order valence-electron chi connectivity index (χ1n) is 10.2. The second-order valence-electron chi connectivity index (χ2n) is 7.54. The molecule has 0 saturated carbocycles. The standard InChI is InChI=1S/C21H30N4O3/c1-3-23-11-13-24(14-12-23)9-4-8-22-19(26)7-10-25-20(27)17-6-5-16(2)15-18(17)21(25)28/h5-6,15H,3-4,7-14H2,1-2H3,(H,22,26). The summed E-state index contributed by atoms with van der Waals surface area (Å²) in [5, 5.41) is 2.90. The topological polar surface area (TPSA) is 73.0 Å². The Hall–Kier alpha value is -2.25. The molecule has 0 atom stereocenters. The molecule has 2 aliphatic heterocycles. The molecule has 7 heteroatoms. The molecule has 1 N–H and O–H groups in total. The van der Waals surface area contributed by atoms with Gasteiger partial charge in [0.2, 0.25) is 5.91 Å². The molecule has 3 rings (SSSR count). The number of likely N-dealkylation sites (N-methyl/N-ethyl adjacent to an activating group) is 1. The third-order valence-electron chi connectivity index (χ3n) is 5.57. The van der Waals surface area contributed by atoms with Crippen molar-refractivity contribution >= 4 is 17.7 Å². The van der Waals surface area contributed by atoms with Gasteiger partial charge in [0, 0.05) is 45.7 Å². The van der Waals surface area contributed by atoms with Crippen LogP contribution in [0.25, 0.3) is 0 Å². The Balaban J connectivity index is 1.35. The van der Waals surface area contributed by atoms with Gasteiger partial charge in [-0.15, -0.1) is 0 Å². The summed E-state index contributed by atoms with van der Waals surface area (Å²) in [6, 6.07) is 5.24. The lowest BCUT2D eigenvalue weighted by atomic mass is 10.1. The molecule has 0 bridgehead atoms. The van der Waals surface area contributed by atoms with E-state index in [0.717, 1.165) is 51.3 Å². The van der Waals surface area contributed by atoms with Crippen molar-refractivity contribution in [3.63, 3.8) is 0 Å². The Kier molecular flexibility index (Phi) is 6.80. The van der Waals surface area contributed by atoms with Crippen molar-refractivity contribution in [3.05, 3.63) is 34.9 Å². The molecule has 1 fully saturated rings. The summed E-state index contributed by atoms with van der Waals surface area (Å²) in [5.41, 5.74) is 1.81. The lowest BCUT2D eigenvalue weighted by Gasteiger charge is -2.33. The van der Waals surface area contributed by atoms with Gasteiger partial charge in [0.15, 0.2) is 0 Å². The molecule has 0 aromatic heterocycles. The van der Waals surface area contributed by atoms with E-state index in [2.05, 4.69) is 22.0 Å². The van der Waals surface area contributed by atoms with Crippen LogP contribution < -0.4 is 5.32 Å². The van der Waals surface area contributed by atoms with Gasteiger partial charge in [-0.2, -0.15) is 0 Å². The van der Waals surface area contributed by atoms with Crippen LogP contribution >= 0.6 is 0 Å². The van der Waals surface area contributed by atoms with Crippen LogP contribution in [-0.2, 0) is 4.79 Å². The fourth-order valence-corrected chi connectivity index (χ4v) is 3.77. The summed E-state index contributed by atoms with van der Waals surface area (Å²) in [5.74, 6) is -0.731. The van der Waals surface area contributed by atoms with Crippen LogP contribution in [0.2, 0.25) is 0 Å². The van der Waals surface area contributed by atoms with Crippen LogP contribution in [-0.4, -0.2) is 84.8 Å². The summed E-state index contributed by atoms with van der Waals surface area (Å²) in [6.45, 7) is 11.3. The Bertz CT molecular complexity index is 741. The van der Waals surface area contributed by atoms with Gasteiger partial charge in [-0.3, -0.25) is 19.3 Å². The Morgan fingerprint density at radius 1 is 1.00 bits per heavy atom. The molecule has 1 aromatic rings. The van der Waals surface area contributed by atoms with Gasteiger partial charge in [-0.25, -0.2) is 0 Å². The van der Waals surface area contributed by atoms with E-state index in [4.69, 9.17) is 0 Å². The Morgan fingerprint density at radius 3 is 2.39 bits per heavy atom. The van der Waals surface area contributed by atoms with Crippen molar-refractivity contribution in [1.29, 1.82) is 0 Å². The van der Waals surface area contributed by atoms with E-state index >= 15 is 0 Å². The van der Waals surface area contributed by atoms with Gasteiger partial charge in [0.25, 0.3) is 11.8 Å². The number of aryl methyl sites for hydroxylation is 1. The predicted octanol–water partition coefficient (Wildman–Crippen LogP) is 1.12. The summed E-state index contributed by atoms with van der Waals surface area (Å²) in [4.78, 5) is 42.9. The van der Waals surface area contributed by atoms with E-state index in [9.17, 15) is 14.4 Å². The molecule has 0 radical (unpaired) electrons. The number of nitrogens with zero attached hydrogens (tertiary/aromatic N) is 3. The van der Waals surface area contributed by atoms with Crippen molar-refractivity contribution < 1.29 is 14.4 Å². The van der Waals surface area contributed by atoms with Gasteiger partial charge in [0.05, 0.1) is 11.1 Å². The molecule has 0 aliphatic carbocycles. The maximum absolute atomic E-state index is 12.4. The maximum atomic E-state index is 12.4. The molecule has 0 spiro atoms. The number of piperazine rings is 1. The zero-order chi connectivity index (χ0) is 20.1. The number of nitrogens with one attached hydrogen (secondary N) is 1. The average molecular weight is 386 g/mol. The van der Waals surface area contributed by atoms with E-state index in [-0.39, 0.29) is 30.7 Å². The number of amides is 3. The summed E-state index contributed by atoms with van der Waals surface area (Å²) >= 11 is 0. The second kappa shape index (κ2) is 9.30. The number of carbonyl (C=O) groups is 3. The zero-order valence-electron chi connectivity index (χ0n) is 16.9. The molecule has 2 heterocycles. The fraction of sp³-hybridized carbons (Fsp3) is 0.571. The van der Waals surface area contributed by atoms with Crippen molar-refractivity contribution in [2.75, 3.05) is 52.4 Å². The molecule has 152 valence electrons. The molecular formula is C21H30N4O3. The first kappa shape index (κ1) is 20.5. The lowest BCUT2D eigenvalue weighted by molar-refractivity contribution is -0.121. The number of carbonyl (C=O) groups excluding carboxylic acids is 3. The molecule has 1 aromatic carbocycles. The minimum absolute atomic E-state index is 0.121. The highest BCUT2D eigenvalue weighted by Crippen LogP contribution is 2.23. The van der Waals surface area contributed by atoms with Crippen molar-refractivity contribution in [2.45, 2.75) is 26.7 Å². The molecule has 28 heavy (non-hydrogen) atoms. The number of imide groups is 1. The van der Waals surface area contributed by atoms with Crippen LogP contribution in [0.5, 0.6) is 0 Å². The predicted molar refractivity (Wildman–Crippen MR) is 107 cm³/mol. The van der Waals surface area contributed by atoms with E-state index < -0.39 is 0 Å². The number of rotatable bonds is 8. The minimum atomic E-state index is -0.306.